The molecule has 0 bridgehead atoms. The summed E-state index contributed by atoms with van der Waals surface area (Å²) < 4.78 is 8.95. The zero-order chi connectivity index (χ0) is 37.0. The Labute approximate surface area is 322 Å². The van der Waals surface area contributed by atoms with Crippen LogP contribution in [0.2, 0.25) is 0 Å². The lowest BCUT2D eigenvalue weighted by molar-refractivity contribution is 0.669. The highest BCUT2D eigenvalue weighted by molar-refractivity contribution is 6.17. The number of fused-ring (bicyclic) bond motifs is 6. The molecular formula is C51H32N4O. The van der Waals surface area contributed by atoms with Gasteiger partial charge in [-0.2, -0.15) is 0 Å². The number of benzene rings is 8. The van der Waals surface area contributed by atoms with Gasteiger partial charge in [0.1, 0.15) is 11.2 Å². The van der Waals surface area contributed by atoms with Gasteiger partial charge in [-0.1, -0.05) is 140 Å². The van der Waals surface area contributed by atoms with Crippen LogP contribution in [0.25, 0.3) is 106 Å². The van der Waals surface area contributed by atoms with Crippen LogP contribution in [0, 0.1) is 0 Å². The third-order valence-corrected chi connectivity index (χ3v) is 10.6. The Hall–Kier alpha value is -7.63. The molecule has 0 radical (unpaired) electrons. The quantitative estimate of drug-likeness (QED) is 0.172. The van der Waals surface area contributed by atoms with Crippen LogP contribution >= 0.6 is 0 Å². The first-order valence-electron chi connectivity index (χ1n) is 18.8. The average Bonchev–Trinajstić information content (AvgIpc) is 3.80. The summed E-state index contributed by atoms with van der Waals surface area (Å²) in [5, 5.41) is 4.41. The fourth-order valence-corrected chi connectivity index (χ4v) is 7.93. The Morgan fingerprint density at radius 2 is 0.839 bits per heavy atom. The molecule has 0 aliphatic rings. The summed E-state index contributed by atoms with van der Waals surface area (Å²) in [5.41, 5.74) is 12.3. The van der Waals surface area contributed by atoms with Crippen molar-refractivity contribution < 1.29 is 4.42 Å². The Bertz CT molecular complexity index is 3240. The van der Waals surface area contributed by atoms with Crippen LogP contribution in [0.4, 0.5) is 0 Å². The van der Waals surface area contributed by atoms with E-state index in [-0.39, 0.29) is 0 Å². The fourth-order valence-electron chi connectivity index (χ4n) is 7.93. The first-order valence-corrected chi connectivity index (χ1v) is 18.8. The molecule has 11 rings (SSSR count). The largest absolute Gasteiger partial charge is 0.456 e. The van der Waals surface area contributed by atoms with Crippen LogP contribution in [0.5, 0.6) is 0 Å². The lowest BCUT2D eigenvalue weighted by atomic mass is 10.0. The monoisotopic (exact) mass is 716 g/mol. The van der Waals surface area contributed by atoms with Gasteiger partial charge in [-0.15, -0.1) is 0 Å². The number of para-hydroxylation sites is 1. The first-order chi connectivity index (χ1) is 27.7. The number of hydrogen-bond donors (Lipinski definition) is 0. The maximum absolute atomic E-state index is 6.61. The van der Waals surface area contributed by atoms with Crippen molar-refractivity contribution in [1.82, 2.24) is 19.5 Å². The van der Waals surface area contributed by atoms with E-state index in [4.69, 9.17) is 19.4 Å². The van der Waals surface area contributed by atoms with E-state index in [9.17, 15) is 0 Å². The normalized spacial score (nSPS) is 11.6. The molecule has 56 heavy (non-hydrogen) atoms. The van der Waals surface area contributed by atoms with E-state index in [1.165, 1.54) is 21.9 Å². The van der Waals surface area contributed by atoms with E-state index >= 15 is 0 Å². The van der Waals surface area contributed by atoms with Gasteiger partial charge >= 0.3 is 0 Å². The van der Waals surface area contributed by atoms with Crippen molar-refractivity contribution in [1.29, 1.82) is 0 Å². The maximum Gasteiger partial charge on any atom is 0.164 e. The van der Waals surface area contributed by atoms with Gasteiger partial charge in [-0.3, -0.25) is 0 Å². The summed E-state index contributed by atoms with van der Waals surface area (Å²) in [5.74, 6) is 1.85. The molecule has 11 aromatic rings. The van der Waals surface area contributed by atoms with Gasteiger partial charge in [0.2, 0.25) is 0 Å². The van der Waals surface area contributed by atoms with E-state index in [1.807, 2.05) is 48.5 Å². The minimum atomic E-state index is 0.603. The molecule has 0 unspecified atom stereocenters. The fraction of sp³-hybridized carbons (Fsp3) is 0. The van der Waals surface area contributed by atoms with E-state index in [0.717, 1.165) is 66.5 Å². The molecule has 0 N–H and O–H groups in total. The van der Waals surface area contributed by atoms with E-state index in [1.54, 1.807) is 0 Å². The molecule has 8 aromatic carbocycles. The third-order valence-electron chi connectivity index (χ3n) is 10.6. The van der Waals surface area contributed by atoms with Crippen LogP contribution in [0.3, 0.4) is 0 Å². The molecule has 5 nitrogen and oxygen atoms in total. The van der Waals surface area contributed by atoms with Crippen LogP contribution < -0.4 is 0 Å². The smallest absolute Gasteiger partial charge is 0.164 e. The summed E-state index contributed by atoms with van der Waals surface area (Å²) in [6.45, 7) is 0. The van der Waals surface area contributed by atoms with Gasteiger partial charge in [-0.25, -0.2) is 15.0 Å². The molecule has 0 atom stereocenters. The third kappa shape index (κ3) is 5.45. The van der Waals surface area contributed by atoms with E-state index < -0.39 is 0 Å². The van der Waals surface area contributed by atoms with Crippen molar-refractivity contribution in [2.24, 2.45) is 0 Å². The van der Waals surface area contributed by atoms with E-state index in [2.05, 4.69) is 150 Å². The molecular weight excluding hydrogens is 685 g/mol. The predicted octanol–water partition coefficient (Wildman–Crippen LogP) is 13.2. The van der Waals surface area contributed by atoms with Gasteiger partial charge in [0.05, 0.1) is 11.0 Å². The zero-order valence-corrected chi connectivity index (χ0v) is 30.2. The maximum atomic E-state index is 6.61. The molecule has 5 heteroatoms. The van der Waals surface area contributed by atoms with Crippen LogP contribution in [-0.2, 0) is 0 Å². The number of aromatic nitrogens is 4. The van der Waals surface area contributed by atoms with Crippen LogP contribution in [0.1, 0.15) is 0 Å². The minimum Gasteiger partial charge on any atom is -0.456 e. The molecule has 0 fully saturated rings. The number of furan rings is 1. The van der Waals surface area contributed by atoms with Crippen LogP contribution in [-0.4, -0.2) is 19.5 Å². The number of nitrogens with zero attached hydrogens (tertiary/aromatic N) is 4. The SMILES string of the molecule is c1ccc(-c2cccc(-c3nc(-c4ccccc4)nc(-c4ccc5oc6cc7c(cc6c5c4)c4ccccc4n7-c4cccc(-c5ccccc5)c4)n3)c2)cc1. The molecule has 3 heterocycles. The Morgan fingerprint density at radius 1 is 0.304 bits per heavy atom. The van der Waals surface area contributed by atoms with Gasteiger partial charge in [0, 0.05) is 50.0 Å². The van der Waals surface area contributed by atoms with Crippen molar-refractivity contribution >= 4 is 43.7 Å². The highest BCUT2D eigenvalue weighted by atomic mass is 16.3. The lowest BCUT2D eigenvalue weighted by Crippen LogP contribution is -2.00. The average molecular weight is 717 g/mol. The molecule has 3 aromatic heterocycles. The predicted molar refractivity (Wildman–Crippen MR) is 229 cm³/mol. The van der Waals surface area contributed by atoms with Crippen molar-refractivity contribution in [3.63, 3.8) is 0 Å². The Balaban J connectivity index is 1.07. The van der Waals surface area contributed by atoms with Crippen molar-refractivity contribution in [3.05, 3.63) is 194 Å². The zero-order valence-electron chi connectivity index (χ0n) is 30.2. The highest BCUT2D eigenvalue weighted by Gasteiger charge is 2.19. The number of hydrogen-bond acceptors (Lipinski definition) is 4. The summed E-state index contributed by atoms with van der Waals surface area (Å²) in [6, 6.07) is 67.5. The molecule has 262 valence electrons. The Morgan fingerprint density at radius 3 is 1.55 bits per heavy atom. The summed E-state index contributed by atoms with van der Waals surface area (Å²) in [7, 11) is 0. The van der Waals surface area contributed by atoms with Crippen molar-refractivity contribution in [3.8, 4) is 62.1 Å². The lowest BCUT2D eigenvalue weighted by Gasteiger charge is -2.10. The summed E-state index contributed by atoms with van der Waals surface area (Å²) >= 11 is 0. The first kappa shape index (κ1) is 31.9. The van der Waals surface area contributed by atoms with Crippen LogP contribution in [0.15, 0.2) is 199 Å². The topological polar surface area (TPSA) is 56.7 Å². The molecule has 0 spiro atoms. The molecule has 0 aliphatic carbocycles. The van der Waals surface area contributed by atoms with E-state index in [0.29, 0.717) is 17.5 Å². The number of rotatable bonds is 6. The van der Waals surface area contributed by atoms with Gasteiger partial charge < -0.3 is 8.98 Å². The molecule has 0 saturated carbocycles. The second kappa shape index (κ2) is 13.0. The standard InChI is InChI=1S/C51H32N4O/c1-4-14-33(15-5-1)36-20-12-22-38(28-36)50-52-49(35-18-8-3-9-19-35)53-51(54-50)39-26-27-47-43(30-39)44-31-42-41-24-10-11-25-45(41)55(46(42)32-48(44)56-47)40-23-13-21-37(29-40)34-16-6-2-7-17-34/h1-32H. The summed E-state index contributed by atoms with van der Waals surface area (Å²) in [6.07, 6.45) is 0. The highest BCUT2D eigenvalue weighted by Crippen LogP contribution is 2.40. The second-order valence-electron chi connectivity index (χ2n) is 14.1. The van der Waals surface area contributed by atoms with Gasteiger partial charge in [-0.05, 0) is 70.8 Å². The second-order valence-corrected chi connectivity index (χ2v) is 14.1. The molecule has 0 saturated heterocycles. The minimum absolute atomic E-state index is 0.603. The molecule has 0 amide bonds. The van der Waals surface area contributed by atoms with Crippen molar-refractivity contribution in [2.75, 3.05) is 0 Å². The van der Waals surface area contributed by atoms with Gasteiger partial charge in [0.15, 0.2) is 17.5 Å². The summed E-state index contributed by atoms with van der Waals surface area (Å²) in [4.78, 5) is 15.2. The molecule has 0 aliphatic heterocycles. The van der Waals surface area contributed by atoms with Gasteiger partial charge in [0.25, 0.3) is 0 Å². The van der Waals surface area contributed by atoms with Crippen molar-refractivity contribution in [2.45, 2.75) is 0 Å². The Kier molecular flexibility index (Phi) is 7.42.